The number of halogens is 2. The summed E-state index contributed by atoms with van der Waals surface area (Å²) < 4.78 is 52.7. The van der Waals surface area contributed by atoms with Crippen molar-refractivity contribution in [1.82, 2.24) is 4.72 Å². The van der Waals surface area contributed by atoms with Gasteiger partial charge in [0.15, 0.2) is 0 Å². The van der Waals surface area contributed by atoms with Crippen LogP contribution in [0.1, 0.15) is 10.4 Å². The average molecular weight is 356 g/mol. The lowest BCUT2D eigenvalue weighted by atomic mass is 10.1. The molecule has 0 bridgehead atoms. The van der Waals surface area contributed by atoms with Crippen molar-refractivity contribution in [3.05, 3.63) is 54.1 Å². The van der Waals surface area contributed by atoms with E-state index in [4.69, 9.17) is 0 Å². The Balaban J connectivity index is 2.20. The van der Waals surface area contributed by atoms with Gasteiger partial charge in [0.05, 0.1) is 17.5 Å². The molecule has 1 amide bonds. The number of ether oxygens (including phenoxy) is 1. The van der Waals surface area contributed by atoms with Crippen LogP contribution in [0.25, 0.3) is 0 Å². The molecule has 0 aromatic heterocycles. The summed E-state index contributed by atoms with van der Waals surface area (Å²) in [5.74, 6) is -0.781. The molecule has 0 atom stereocenters. The van der Waals surface area contributed by atoms with E-state index in [0.717, 1.165) is 6.26 Å². The van der Waals surface area contributed by atoms with Crippen LogP contribution in [0.4, 0.5) is 20.2 Å². The van der Waals surface area contributed by atoms with Gasteiger partial charge in [0.2, 0.25) is 10.0 Å². The van der Waals surface area contributed by atoms with Crippen LogP contribution < -0.4 is 14.8 Å². The van der Waals surface area contributed by atoms with Gasteiger partial charge >= 0.3 is 6.61 Å². The van der Waals surface area contributed by atoms with Gasteiger partial charge in [-0.25, -0.2) is 13.1 Å². The van der Waals surface area contributed by atoms with Crippen LogP contribution >= 0.6 is 0 Å². The number of anilines is 2. The summed E-state index contributed by atoms with van der Waals surface area (Å²) in [7, 11) is -3.69. The molecule has 24 heavy (non-hydrogen) atoms. The molecule has 0 saturated heterocycles. The molecule has 2 N–H and O–H groups in total. The summed E-state index contributed by atoms with van der Waals surface area (Å²) in [5, 5.41) is 2.92. The summed E-state index contributed by atoms with van der Waals surface area (Å²) in [6, 6.07) is 11.9. The fourth-order valence-corrected chi connectivity index (χ4v) is 2.34. The first-order chi connectivity index (χ1) is 11.2. The van der Waals surface area contributed by atoms with Crippen molar-refractivity contribution in [3.63, 3.8) is 0 Å². The van der Waals surface area contributed by atoms with E-state index in [1.807, 2.05) is 4.72 Å². The monoisotopic (exact) mass is 356 g/mol. The van der Waals surface area contributed by atoms with Crippen molar-refractivity contribution >= 4 is 27.3 Å². The predicted molar refractivity (Wildman–Crippen MR) is 85.1 cm³/mol. The molecule has 0 aliphatic carbocycles. The van der Waals surface area contributed by atoms with E-state index in [9.17, 15) is 22.0 Å². The molecule has 0 heterocycles. The van der Waals surface area contributed by atoms with E-state index >= 15 is 0 Å². The van der Waals surface area contributed by atoms with Crippen molar-refractivity contribution < 1.29 is 26.7 Å². The van der Waals surface area contributed by atoms with Gasteiger partial charge in [0.25, 0.3) is 5.91 Å². The first-order valence-electron chi connectivity index (χ1n) is 6.67. The van der Waals surface area contributed by atoms with Crippen molar-refractivity contribution in [3.8, 4) is 5.75 Å². The minimum absolute atomic E-state index is 0.00125. The molecule has 0 aliphatic rings. The zero-order chi connectivity index (χ0) is 17.7. The number of alkyl halides is 2. The van der Waals surface area contributed by atoms with Gasteiger partial charge in [-0.3, -0.25) is 4.79 Å². The Hall–Kier alpha value is -2.68. The standard InChI is InChI=1S/C15H14F2N2O4S/c1-24(21,22)19-14(20)12-4-2-3-5-13(12)18-10-6-8-11(9-7-10)23-15(16)17/h2-9,15,18H,1H3,(H,19,20). The SMILES string of the molecule is CS(=O)(=O)NC(=O)c1ccccc1Nc1ccc(OC(F)F)cc1. The molecule has 2 aromatic rings. The van der Waals surface area contributed by atoms with Crippen molar-refractivity contribution in [2.45, 2.75) is 6.61 Å². The van der Waals surface area contributed by atoms with E-state index < -0.39 is 22.5 Å². The summed E-state index contributed by atoms with van der Waals surface area (Å²) in [5.41, 5.74) is 0.994. The third-order valence-corrected chi connectivity index (χ3v) is 3.36. The molecule has 9 heteroatoms. The van der Waals surface area contributed by atoms with Crippen LogP contribution in [0.3, 0.4) is 0 Å². The van der Waals surface area contributed by atoms with Crippen molar-refractivity contribution in [2.75, 3.05) is 11.6 Å². The third kappa shape index (κ3) is 5.20. The number of hydrogen-bond donors (Lipinski definition) is 2. The van der Waals surface area contributed by atoms with Crippen LogP contribution in [0.2, 0.25) is 0 Å². The molecule has 0 aliphatic heterocycles. The summed E-state index contributed by atoms with van der Waals surface area (Å²) in [6.07, 6.45) is 0.878. The van der Waals surface area contributed by atoms with Gasteiger partial charge < -0.3 is 10.1 Å². The molecular formula is C15H14F2N2O4S. The zero-order valence-corrected chi connectivity index (χ0v) is 13.3. The lowest BCUT2D eigenvalue weighted by molar-refractivity contribution is -0.0498. The van der Waals surface area contributed by atoms with Crippen molar-refractivity contribution in [1.29, 1.82) is 0 Å². The Bertz CT molecular complexity index is 824. The Morgan fingerprint density at radius 3 is 2.29 bits per heavy atom. The minimum atomic E-state index is -3.69. The normalized spacial score (nSPS) is 11.2. The van der Waals surface area contributed by atoms with E-state index in [1.165, 1.54) is 30.3 Å². The molecule has 2 rings (SSSR count). The Morgan fingerprint density at radius 1 is 1.08 bits per heavy atom. The van der Waals surface area contributed by atoms with E-state index in [2.05, 4.69) is 10.1 Å². The van der Waals surface area contributed by atoms with Gasteiger partial charge in [-0.1, -0.05) is 12.1 Å². The van der Waals surface area contributed by atoms with Gasteiger partial charge in [0.1, 0.15) is 5.75 Å². The number of carbonyl (C=O) groups excluding carboxylic acids is 1. The fourth-order valence-electron chi connectivity index (χ4n) is 1.89. The number of carbonyl (C=O) groups is 1. The summed E-state index contributed by atoms with van der Waals surface area (Å²) >= 11 is 0. The van der Waals surface area contributed by atoms with Crippen LogP contribution in [0, 0.1) is 0 Å². The molecule has 2 aromatic carbocycles. The number of rotatable bonds is 6. The largest absolute Gasteiger partial charge is 0.435 e. The van der Waals surface area contributed by atoms with Gasteiger partial charge in [-0.15, -0.1) is 0 Å². The van der Waals surface area contributed by atoms with E-state index in [-0.39, 0.29) is 11.3 Å². The summed E-state index contributed by atoms with van der Waals surface area (Å²) in [6.45, 7) is -2.91. The predicted octanol–water partition coefficient (Wildman–Crippen LogP) is 2.72. The van der Waals surface area contributed by atoms with E-state index in [1.54, 1.807) is 18.2 Å². The number of nitrogens with one attached hydrogen (secondary N) is 2. The molecule has 6 nitrogen and oxygen atoms in total. The quantitative estimate of drug-likeness (QED) is 0.831. The first-order valence-corrected chi connectivity index (χ1v) is 8.57. The van der Waals surface area contributed by atoms with Crippen molar-refractivity contribution in [2.24, 2.45) is 0 Å². The van der Waals surface area contributed by atoms with Gasteiger partial charge in [0, 0.05) is 5.69 Å². The molecule has 0 unspecified atom stereocenters. The third-order valence-electron chi connectivity index (χ3n) is 2.81. The van der Waals surface area contributed by atoms with Gasteiger partial charge in [-0.2, -0.15) is 8.78 Å². The van der Waals surface area contributed by atoms with Crippen LogP contribution in [-0.4, -0.2) is 27.2 Å². The number of amides is 1. The second-order valence-electron chi connectivity index (χ2n) is 4.78. The van der Waals surface area contributed by atoms with E-state index in [0.29, 0.717) is 11.4 Å². The minimum Gasteiger partial charge on any atom is -0.435 e. The maximum absolute atomic E-state index is 12.1. The highest BCUT2D eigenvalue weighted by Gasteiger charge is 2.15. The highest BCUT2D eigenvalue weighted by molar-refractivity contribution is 7.89. The Kier molecular flexibility index (Phi) is 5.35. The lowest BCUT2D eigenvalue weighted by Crippen LogP contribution is -2.29. The number of sulfonamides is 1. The zero-order valence-electron chi connectivity index (χ0n) is 12.5. The van der Waals surface area contributed by atoms with Gasteiger partial charge in [-0.05, 0) is 36.4 Å². The molecular weight excluding hydrogens is 342 g/mol. The lowest BCUT2D eigenvalue weighted by Gasteiger charge is -2.12. The maximum atomic E-state index is 12.1. The second kappa shape index (κ2) is 7.26. The van der Waals surface area contributed by atoms with Crippen LogP contribution in [-0.2, 0) is 10.0 Å². The Labute approximate surface area is 137 Å². The molecule has 0 fully saturated rings. The number of hydrogen-bond acceptors (Lipinski definition) is 5. The van der Waals surface area contributed by atoms with Crippen LogP contribution in [0.5, 0.6) is 5.75 Å². The smallest absolute Gasteiger partial charge is 0.387 e. The highest BCUT2D eigenvalue weighted by Crippen LogP contribution is 2.23. The Morgan fingerprint density at radius 2 is 1.71 bits per heavy atom. The second-order valence-corrected chi connectivity index (χ2v) is 6.53. The molecule has 0 radical (unpaired) electrons. The summed E-state index contributed by atoms with van der Waals surface area (Å²) in [4.78, 5) is 12.0. The topological polar surface area (TPSA) is 84.5 Å². The highest BCUT2D eigenvalue weighted by atomic mass is 32.2. The fraction of sp³-hybridized carbons (Fsp3) is 0.133. The number of para-hydroxylation sites is 1. The number of benzene rings is 2. The molecule has 0 saturated carbocycles. The molecule has 0 spiro atoms. The average Bonchev–Trinajstić information content (AvgIpc) is 2.47. The first kappa shape index (κ1) is 17.7. The maximum Gasteiger partial charge on any atom is 0.387 e. The molecule has 128 valence electrons. The van der Waals surface area contributed by atoms with Crippen LogP contribution in [0.15, 0.2) is 48.5 Å².